The van der Waals surface area contributed by atoms with E-state index in [1.54, 1.807) is 31.2 Å². The molecule has 2 heterocycles. The molecule has 0 aliphatic heterocycles. The zero-order valence-electron chi connectivity index (χ0n) is 17.1. The number of carbonyl (C=O) groups excluding carboxylic acids is 1. The molecule has 33 heavy (non-hydrogen) atoms. The second-order valence-electron chi connectivity index (χ2n) is 6.62. The summed E-state index contributed by atoms with van der Waals surface area (Å²) in [4.78, 5) is 23.6. The van der Waals surface area contributed by atoms with Crippen LogP contribution >= 0.6 is 11.5 Å². The van der Waals surface area contributed by atoms with Gasteiger partial charge in [0.05, 0.1) is 0 Å². The fourth-order valence-corrected chi connectivity index (χ4v) is 3.35. The van der Waals surface area contributed by atoms with Crippen LogP contribution in [0, 0.1) is 6.92 Å². The van der Waals surface area contributed by atoms with Gasteiger partial charge in [0, 0.05) is 35.4 Å². The number of anilines is 1. The standard InChI is InChI=1S/C20H15F2N5O5S/c1-10-17(33-26-24-10)32-19(28)23-13-6-3-11(4-7-13)14-9-12(5-8-15(14)30-18(21)22)16-25-27(2)20(29)31-16/h3-9,18H,1-2H3,(H,23,28). The highest BCUT2D eigenvalue weighted by molar-refractivity contribution is 7.07. The molecule has 0 radical (unpaired) electrons. The molecule has 0 aliphatic carbocycles. The van der Waals surface area contributed by atoms with Gasteiger partial charge in [-0.2, -0.15) is 13.5 Å². The molecule has 0 atom stereocenters. The lowest BCUT2D eigenvalue weighted by molar-refractivity contribution is -0.0494. The van der Waals surface area contributed by atoms with Crippen molar-refractivity contribution in [2.75, 3.05) is 5.32 Å². The summed E-state index contributed by atoms with van der Waals surface area (Å²) in [5, 5.41) is 10.6. The first-order valence-corrected chi connectivity index (χ1v) is 10.1. The topological polar surface area (TPSA) is 121 Å². The Morgan fingerprint density at radius 3 is 2.52 bits per heavy atom. The van der Waals surface area contributed by atoms with Crippen molar-refractivity contribution < 1.29 is 27.5 Å². The zero-order valence-corrected chi connectivity index (χ0v) is 17.9. The number of halogens is 2. The molecule has 0 unspecified atom stereocenters. The second-order valence-corrected chi connectivity index (χ2v) is 7.34. The molecule has 10 nitrogen and oxygen atoms in total. The highest BCUT2D eigenvalue weighted by atomic mass is 32.1. The van der Waals surface area contributed by atoms with E-state index >= 15 is 0 Å². The van der Waals surface area contributed by atoms with Crippen molar-refractivity contribution in [1.29, 1.82) is 0 Å². The lowest BCUT2D eigenvalue weighted by Crippen LogP contribution is -2.16. The average molecular weight is 475 g/mol. The fraction of sp³-hybridized carbons (Fsp3) is 0.150. The largest absolute Gasteiger partial charge is 0.437 e. The average Bonchev–Trinajstić information content (AvgIpc) is 3.33. The number of nitrogens with zero attached hydrogens (tertiary/aromatic N) is 4. The van der Waals surface area contributed by atoms with Crippen LogP contribution in [-0.4, -0.2) is 32.1 Å². The number of aromatic nitrogens is 4. The van der Waals surface area contributed by atoms with Crippen molar-refractivity contribution in [2.24, 2.45) is 7.05 Å². The summed E-state index contributed by atoms with van der Waals surface area (Å²) in [7, 11) is 1.42. The zero-order chi connectivity index (χ0) is 23.5. The maximum absolute atomic E-state index is 12.9. The number of alkyl halides is 2. The Kier molecular flexibility index (Phi) is 6.13. The number of ether oxygens (including phenoxy) is 2. The van der Waals surface area contributed by atoms with E-state index in [1.807, 2.05) is 0 Å². The molecule has 1 N–H and O–H groups in total. The number of amides is 1. The maximum atomic E-state index is 12.9. The molecule has 4 rings (SSSR count). The van der Waals surface area contributed by atoms with Gasteiger partial charge in [-0.3, -0.25) is 5.32 Å². The van der Waals surface area contributed by atoms with Crippen molar-refractivity contribution in [3.8, 4) is 33.4 Å². The number of carbonyl (C=O) groups is 1. The van der Waals surface area contributed by atoms with E-state index in [9.17, 15) is 18.4 Å². The molecule has 170 valence electrons. The van der Waals surface area contributed by atoms with Gasteiger partial charge in [0.1, 0.15) is 11.4 Å². The lowest BCUT2D eigenvalue weighted by Gasteiger charge is -2.13. The van der Waals surface area contributed by atoms with Crippen LogP contribution in [-0.2, 0) is 7.05 Å². The molecular weight excluding hydrogens is 460 g/mol. The van der Waals surface area contributed by atoms with Crippen LogP contribution in [0.2, 0.25) is 0 Å². The minimum atomic E-state index is -3.04. The normalized spacial score (nSPS) is 10.9. The summed E-state index contributed by atoms with van der Waals surface area (Å²) >= 11 is 0.943. The van der Waals surface area contributed by atoms with E-state index < -0.39 is 18.5 Å². The monoisotopic (exact) mass is 475 g/mol. The lowest BCUT2D eigenvalue weighted by atomic mass is 10.0. The number of rotatable bonds is 6. The molecule has 2 aromatic heterocycles. The van der Waals surface area contributed by atoms with Crippen LogP contribution in [0.3, 0.4) is 0 Å². The van der Waals surface area contributed by atoms with Crippen LogP contribution in [0.4, 0.5) is 19.3 Å². The van der Waals surface area contributed by atoms with Crippen LogP contribution in [0.1, 0.15) is 5.69 Å². The van der Waals surface area contributed by atoms with E-state index in [2.05, 4.69) is 24.7 Å². The molecular formula is C20H15F2N5O5S. The predicted octanol–water partition coefficient (Wildman–Crippen LogP) is 4.08. The Balaban J connectivity index is 1.60. The number of hydrogen-bond acceptors (Lipinski definition) is 9. The summed E-state index contributed by atoms with van der Waals surface area (Å²) in [6, 6.07) is 10.6. The first-order chi connectivity index (χ1) is 15.8. The summed E-state index contributed by atoms with van der Waals surface area (Å²) in [6.45, 7) is -1.38. The molecule has 1 amide bonds. The van der Waals surface area contributed by atoms with Crippen molar-refractivity contribution in [3.63, 3.8) is 0 Å². The summed E-state index contributed by atoms with van der Waals surface area (Å²) in [6.07, 6.45) is -0.731. The molecule has 0 fully saturated rings. The predicted molar refractivity (Wildman–Crippen MR) is 114 cm³/mol. The van der Waals surface area contributed by atoms with Crippen LogP contribution < -0.4 is 20.5 Å². The Bertz CT molecular complexity index is 1350. The van der Waals surface area contributed by atoms with E-state index in [4.69, 9.17) is 9.15 Å². The minimum absolute atomic E-state index is 0.0289. The molecule has 0 saturated carbocycles. The van der Waals surface area contributed by atoms with Gasteiger partial charge in [-0.05, 0) is 42.8 Å². The van der Waals surface area contributed by atoms with Crippen molar-refractivity contribution in [2.45, 2.75) is 13.5 Å². The summed E-state index contributed by atoms with van der Waals surface area (Å²) < 4.78 is 45.4. The van der Waals surface area contributed by atoms with Gasteiger partial charge in [-0.1, -0.05) is 16.6 Å². The van der Waals surface area contributed by atoms with Crippen molar-refractivity contribution in [3.05, 3.63) is 58.7 Å². The van der Waals surface area contributed by atoms with Crippen LogP contribution in [0.25, 0.3) is 22.6 Å². The van der Waals surface area contributed by atoms with E-state index in [1.165, 1.54) is 25.2 Å². The second kappa shape index (κ2) is 9.16. The highest BCUT2D eigenvalue weighted by Crippen LogP contribution is 2.35. The SMILES string of the molecule is Cc1nnsc1OC(=O)Nc1ccc(-c2cc(-c3nn(C)c(=O)o3)ccc2OC(F)F)cc1. The summed E-state index contributed by atoms with van der Waals surface area (Å²) in [5.74, 6) is -0.715. The number of benzene rings is 2. The van der Waals surface area contributed by atoms with E-state index in [-0.39, 0.29) is 16.7 Å². The minimum Gasteiger partial charge on any atom is -0.434 e. The van der Waals surface area contributed by atoms with Crippen LogP contribution in [0.5, 0.6) is 10.8 Å². The van der Waals surface area contributed by atoms with Gasteiger partial charge in [0.15, 0.2) is 0 Å². The van der Waals surface area contributed by atoms with Gasteiger partial charge >= 0.3 is 18.5 Å². The molecule has 2 aromatic carbocycles. The fourth-order valence-electron chi connectivity index (χ4n) is 2.83. The van der Waals surface area contributed by atoms with Crippen molar-refractivity contribution >= 4 is 23.3 Å². The number of aryl methyl sites for hydroxylation is 2. The van der Waals surface area contributed by atoms with Gasteiger partial charge in [0.2, 0.25) is 11.0 Å². The maximum Gasteiger partial charge on any atom is 0.437 e. The van der Waals surface area contributed by atoms with Gasteiger partial charge in [-0.15, -0.1) is 10.2 Å². The molecule has 0 aliphatic rings. The first kappa shape index (κ1) is 22.1. The third-order valence-electron chi connectivity index (χ3n) is 4.37. The van der Waals surface area contributed by atoms with E-state index in [0.717, 1.165) is 16.2 Å². The third-order valence-corrected chi connectivity index (χ3v) is 5.08. The first-order valence-electron chi connectivity index (χ1n) is 9.32. The molecule has 4 aromatic rings. The van der Waals surface area contributed by atoms with Gasteiger partial charge < -0.3 is 13.9 Å². The van der Waals surface area contributed by atoms with Gasteiger partial charge in [-0.25, -0.2) is 9.59 Å². The number of nitrogens with one attached hydrogen (secondary N) is 1. The van der Waals surface area contributed by atoms with Crippen LogP contribution in [0.15, 0.2) is 51.7 Å². The third kappa shape index (κ3) is 5.03. The molecule has 0 bridgehead atoms. The molecule has 13 heteroatoms. The van der Waals surface area contributed by atoms with Gasteiger partial charge in [0.25, 0.3) is 0 Å². The Morgan fingerprint density at radius 2 is 1.91 bits per heavy atom. The Labute approximate surface area is 188 Å². The quantitative estimate of drug-likeness (QED) is 0.443. The van der Waals surface area contributed by atoms with E-state index in [0.29, 0.717) is 28.1 Å². The van der Waals surface area contributed by atoms with Crippen molar-refractivity contribution in [1.82, 2.24) is 19.4 Å². The smallest absolute Gasteiger partial charge is 0.434 e. The summed E-state index contributed by atoms with van der Waals surface area (Å²) in [5.41, 5.74) is 2.10. The highest BCUT2D eigenvalue weighted by Gasteiger charge is 2.16. The Morgan fingerprint density at radius 1 is 1.18 bits per heavy atom. The Hall–Kier alpha value is -4.13. The number of hydrogen-bond donors (Lipinski definition) is 1. The molecule has 0 spiro atoms. The molecule has 0 saturated heterocycles.